The van der Waals surface area contributed by atoms with Gasteiger partial charge in [0.25, 0.3) is 0 Å². The molecular formula is C20H24N2O3. The monoisotopic (exact) mass is 340 g/mol. The summed E-state index contributed by atoms with van der Waals surface area (Å²) in [5.41, 5.74) is 1.27. The Hall–Kier alpha value is -2.82. The largest absolute Gasteiger partial charge is 0.503 e. The highest BCUT2D eigenvalue weighted by Gasteiger charge is 2.18. The first-order valence-electron chi connectivity index (χ1n) is 8.35. The number of H-pyrrole nitrogens is 1. The SMILES string of the molecule is C=C(c1[nH]cc(C=O)c(=O)c1O)N(CC)CC(C)Cc1ccccc1. The number of nitrogens with one attached hydrogen (secondary N) is 1. The van der Waals surface area contributed by atoms with Crippen molar-refractivity contribution in [1.82, 2.24) is 9.88 Å². The maximum Gasteiger partial charge on any atom is 0.234 e. The minimum Gasteiger partial charge on any atom is -0.503 e. The number of nitrogens with zero attached hydrogens (tertiary/aromatic N) is 1. The fraction of sp³-hybridized carbons (Fsp3) is 0.300. The second-order valence-corrected chi connectivity index (χ2v) is 6.19. The molecule has 1 unspecified atom stereocenters. The van der Waals surface area contributed by atoms with Crippen molar-refractivity contribution >= 4 is 12.0 Å². The third-order valence-corrected chi connectivity index (χ3v) is 4.22. The molecule has 5 nitrogen and oxygen atoms in total. The lowest BCUT2D eigenvalue weighted by Gasteiger charge is -2.28. The van der Waals surface area contributed by atoms with Gasteiger partial charge in [0.05, 0.1) is 11.3 Å². The molecule has 0 amide bonds. The van der Waals surface area contributed by atoms with E-state index >= 15 is 0 Å². The van der Waals surface area contributed by atoms with E-state index in [0.29, 0.717) is 24.4 Å². The van der Waals surface area contributed by atoms with Crippen LogP contribution in [0, 0.1) is 5.92 Å². The van der Waals surface area contributed by atoms with Gasteiger partial charge in [0, 0.05) is 19.3 Å². The number of rotatable bonds is 8. The minimum absolute atomic E-state index is 0.102. The van der Waals surface area contributed by atoms with Crippen molar-refractivity contribution in [1.29, 1.82) is 0 Å². The normalized spacial score (nSPS) is 11.8. The van der Waals surface area contributed by atoms with Crippen LogP contribution in [0.1, 0.15) is 35.5 Å². The van der Waals surface area contributed by atoms with Crippen LogP contribution < -0.4 is 5.43 Å². The number of aromatic hydroxyl groups is 1. The predicted octanol–water partition coefficient (Wildman–Crippen LogP) is 3.06. The average Bonchev–Trinajstić information content (AvgIpc) is 2.62. The Morgan fingerprint density at radius 3 is 2.64 bits per heavy atom. The van der Waals surface area contributed by atoms with Crippen molar-refractivity contribution in [2.45, 2.75) is 20.3 Å². The Bertz CT molecular complexity index is 796. The van der Waals surface area contributed by atoms with Gasteiger partial charge >= 0.3 is 0 Å². The zero-order valence-corrected chi connectivity index (χ0v) is 14.7. The summed E-state index contributed by atoms with van der Waals surface area (Å²) in [6.45, 7) is 9.60. The zero-order chi connectivity index (χ0) is 18.4. The smallest absolute Gasteiger partial charge is 0.234 e. The van der Waals surface area contributed by atoms with Gasteiger partial charge in [-0.3, -0.25) is 9.59 Å². The molecule has 0 spiro atoms. The van der Waals surface area contributed by atoms with Gasteiger partial charge in [0.1, 0.15) is 5.69 Å². The molecule has 0 saturated carbocycles. The molecular weight excluding hydrogens is 316 g/mol. The average molecular weight is 340 g/mol. The van der Waals surface area contributed by atoms with Crippen LogP contribution in [0.2, 0.25) is 0 Å². The van der Waals surface area contributed by atoms with E-state index in [1.807, 2.05) is 30.0 Å². The van der Waals surface area contributed by atoms with E-state index in [0.717, 1.165) is 13.0 Å². The third kappa shape index (κ3) is 4.38. The Labute approximate surface area is 147 Å². The van der Waals surface area contributed by atoms with Crippen LogP contribution in [0.4, 0.5) is 0 Å². The highest BCUT2D eigenvalue weighted by molar-refractivity contribution is 5.76. The lowest BCUT2D eigenvalue weighted by molar-refractivity contribution is 0.112. The maximum absolute atomic E-state index is 11.9. The van der Waals surface area contributed by atoms with Crippen molar-refractivity contribution in [3.63, 3.8) is 0 Å². The number of carbonyl (C=O) groups is 1. The summed E-state index contributed by atoms with van der Waals surface area (Å²) in [7, 11) is 0. The maximum atomic E-state index is 11.9. The Balaban J connectivity index is 2.14. The molecule has 1 aromatic heterocycles. The van der Waals surface area contributed by atoms with E-state index in [-0.39, 0.29) is 11.3 Å². The number of benzene rings is 1. The molecule has 2 N–H and O–H groups in total. The zero-order valence-electron chi connectivity index (χ0n) is 14.7. The predicted molar refractivity (Wildman–Crippen MR) is 99.7 cm³/mol. The van der Waals surface area contributed by atoms with Crippen LogP contribution in [-0.2, 0) is 6.42 Å². The Morgan fingerprint density at radius 2 is 2.04 bits per heavy atom. The fourth-order valence-corrected chi connectivity index (χ4v) is 2.89. The highest BCUT2D eigenvalue weighted by atomic mass is 16.3. The van der Waals surface area contributed by atoms with Crippen LogP contribution in [0.25, 0.3) is 5.70 Å². The van der Waals surface area contributed by atoms with E-state index in [1.54, 1.807) is 0 Å². The first kappa shape index (κ1) is 18.5. The van der Waals surface area contributed by atoms with Crippen LogP contribution in [0.5, 0.6) is 5.75 Å². The van der Waals surface area contributed by atoms with Crippen LogP contribution in [0.15, 0.2) is 47.9 Å². The molecule has 0 bridgehead atoms. The summed E-state index contributed by atoms with van der Waals surface area (Å²) in [5.74, 6) is -0.106. The molecule has 1 atom stereocenters. The second kappa shape index (κ2) is 8.33. The van der Waals surface area contributed by atoms with Gasteiger partial charge in [-0.05, 0) is 24.8 Å². The molecule has 132 valence electrons. The van der Waals surface area contributed by atoms with E-state index in [9.17, 15) is 14.7 Å². The molecule has 0 aliphatic rings. The molecule has 2 aromatic rings. The summed E-state index contributed by atoms with van der Waals surface area (Å²) < 4.78 is 0. The molecule has 2 rings (SSSR count). The lowest BCUT2D eigenvalue weighted by atomic mass is 10.00. The van der Waals surface area contributed by atoms with Crippen LogP contribution in [0.3, 0.4) is 0 Å². The molecule has 0 fully saturated rings. The number of aldehydes is 1. The number of pyridine rings is 1. The summed E-state index contributed by atoms with van der Waals surface area (Å²) in [4.78, 5) is 27.6. The number of carbonyl (C=O) groups excluding carboxylic acids is 1. The minimum atomic E-state index is -0.682. The van der Waals surface area contributed by atoms with Gasteiger partial charge in [0.2, 0.25) is 5.43 Å². The standard InChI is InChI=1S/C20H24N2O3/c1-4-22(12-14(2)10-16-8-6-5-7-9-16)15(3)18-20(25)19(24)17(13-23)11-21-18/h5-9,11,13-14,25H,3-4,10,12H2,1-2H3,(H,21,24). The van der Waals surface area contributed by atoms with Crippen molar-refractivity contribution in [2.24, 2.45) is 5.92 Å². The van der Waals surface area contributed by atoms with E-state index in [1.165, 1.54) is 11.8 Å². The van der Waals surface area contributed by atoms with Crippen molar-refractivity contribution in [3.8, 4) is 5.75 Å². The van der Waals surface area contributed by atoms with Crippen molar-refractivity contribution < 1.29 is 9.90 Å². The van der Waals surface area contributed by atoms with Crippen LogP contribution >= 0.6 is 0 Å². The highest BCUT2D eigenvalue weighted by Crippen LogP contribution is 2.23. The van der Waals surface area contributed by atoms with E-state index in [4.69, 9.17) is 0 Å². The topological polar surface area (TPSA) is 73.4 Å². The number of aromatic amines is 1. The van der Waals surface area contributed by atoms with Gasteiger partial charge in [-0.1, -0.05) is 43.8 Å². The van der Waals surface area contributed by atoms with Gasteiger partial charge in [0.15, 0.2) is 12.0 Å². The number of aromatic nitrogens is 1. The van der Waals surface area contributed by atoms with Gasteiger partial charge in [-0.15, -0.1) is 0 Å². The van der Waals surface area contributed by atoms with E-state index in [2.05, 4.69) is 30.6 Å². The molecule has 0 radical (unpaired) electrons. The molecule has 0 aliphatic carbocycles. The summed E-state index contributed by atoms with van der Waals surface area (Å²) >= 11 is 0. The molecule has 1 heterocycles. The van der Waals surface area contributed by atoms with Gasteiger partial charge in [-0.25, -0.2) is 0 Å². The van der Waals surface area contributed by atoms with Crippen LogP contribution in [-0.4, -0.2) is 34.4 Å². The number of hydrogen-bond donors (Lipinski definition) is 2. The Morgan fingerprint density at radius 1 is 1.36 bits per heavy atom. The molecule has 25 heavy (non-hydrogen) atoms. The first-order valence-corrected chi connectivity index (χ1v) is 8.35. The van der Waals surface area contributed by atoms with Crippen molar-refractivity contribution in [2.75, 3.05) is 13.1 Å². The van der Waals surface area contributed by atoms with Gasteiger partial charge in [-0.2, -0.15) is 0 Å². The van der Waals surface area contributed by atoms with E-state index < -0.39 is 11.2 Å². The van der Waals surface area contributed by atoms with Gasteiger partial charge < -0.3 is 15.0 Å². The molecule has 0 saturated heterocycles. The quantitative estimate of drug-likeness (QED) is 0.724. The Kier molecular flexibility index (Phi) is 6.17. The summed E-state index contributed by atoms with van der Waals surface area (Å²) in [6.07, 6.45) is 2.65. The summed E-state index contributed by atoms with van der Waals surface area (Å²) in [6, 6.07) is 10.2. The lowest BCUT2D eigenvalue weighted by Crippen LogP contribution is -2.28. The summed E-state index contributed by atoms with van der Waals surface area (Å²) in [5, 5.41) is 10.1. The number of hydrogen-bond acceptors (Lipinski definition) is 4. The first-order chi connectivity index (χ1) is 12.0. The molecule has 5 heteroatoms. The second-order valence-electron chi connectivity index (χ2n) is 6.19. The van der Waals surface area contributed by atoms with Crippen molar-refractivity contribution in [3.05, 3.63) is 70.2 Å². The third-order valence-electron chi connectivity index (χ3n) is 4.22. The fourth-order valence-electron chi connectivity index (χ4n) is 2.89. The molecule has 0 aliphatic heterocycles. The molecule has 1 aromatic carbocycles.